The van der Waals surface area contributed by atoms with Gasteiger partial charge in [0.1, 0.15) is 0 Å². The highest BCUT2D eigenvalue weighted by atomic mass is 32.3. The zero-order chi connectivity index (χ0) is 28.3. The first-order valence-corrected chi connectivity index (χ1v) is 15.8. The lowest BCUT2D eigenvalue weighted by atomic mass is 9.42. The molecule has 0 unspecified atom stereocenters. The van der Waals surface area contributed by atoms with E-state index in [-0.39, 0.29) is 54.0 Å². The van der Waals surface area contributed by atoms with Gasteiger partial charge in [0.2, 0.25) is 0 Å². The molecule has 0 saturated heterocycles. The van der Waals surface area contributed by atoms with Crippen LogP contribution in [0.3, 0.4) is 0 Å². The van der Waals surface area contributed by atoms with Crippen molar-refractivity contribution in [2.75, 3.05) is 13.7 Å². The summed E-state index contributed by atoms with van der Waals surface area (Å²) < 4.78 is 33.4. The summed E-state index contributed by atoms with van der Waals surface area (Å²) in [5, 5.41) is 55.5. The summed E-state index contributed by atoms with van der Waals surface area (Å²) in [5.74, 6) is 0.147. The SMILES string of the molecule is COS(=O)(=O)O[C@H]1CC[C@]2(C)[C@H]3CC[C@]4(C)[C@@H]([C@H](C)CCC[C@H](C)CO)[C@@H](O)[C@H](O)[C@H]4[C@@H]3C[C@@H](O)[C@@]2(O)C1. The minimum Gasteiger partial charge on any atom is -0.396 e. The third kappa shape index (κ3) is 4.89. The zero-order valence-electron chi connectivity index (χ0n) is 23.6. The van der Waals surface area contributed by atoms with Gasteiger partial charge in [-0.3, -0.25) is 4.18 Å². The third-order valence-corrected chi connectivity index (χ3v) is 12.6. The van der Waals surface area contributed by atoms with E-state index in [9.17, 15) is 34.0 Å². The molecule has 4 saturated carbocycles. The van der Waals surface area contributed by atoms with Gasteiger partial charge in [-0.1, -0.05) is 40.5 Å². The number of aliphatic hydroxyl groups is 5. The molecular formula is C28H50O9S. The summed E-state index contributed by atoms with van der Waals surface area (Å²) >= 11 is 0. The predicted molar refractivity (Wildman–Crippen MR) is 141 cm³/mol. The molecule has 0 aromatic rings. The molecule has 5 N–H and O–H groups in total. The Bertz CT molecular complexity index is 945. The van der Waals surface area contributed by atoms with E-state index in [1.807, 2.05) is 13.8 Å². The molecule has 0 bridgehead atoms. The van der Waals surface area contributed by atoms with E-state index in [1.54, 1.807) is 0 Å². The fourth-order valence-corrected chi connectivity index (χ4v) is 10.3. The smallest absolute Gasteiger partial charge is 0.396 e. The van der Waals surface area contributed by atoms with Gasteiger partial charge in [-0.15, -0.1) is 0 Å². The number of rotatable bonds is 9. The Morgan fingerprint density at radius 1 is 1.03 bits per heavy atom. The molecule has 4 aliphatic carbocycles. The van der Waals surface area contributed by atoms with Gasteiger partial charge in [0, 0.05) is 18.4 Å². The van der Waals surface area contributed by atoms with Crippen LogP contribution in [0.2, 0.25) is 0 Å². The van der Waals surface area contributed by atoms with Crippen LogP contribution in [0.5, 0.6) is 0 Å². The molecule has 9 nitrogen and oxygen atoms in total. The van der Waals surface area contributed by atoms with Crippen molar-refractivity contribution in [2.24, 2.45) is 46.3 Å². The molecule has 4 rings (SSSR count). The van der Waals surface area contributed by atoms with Crippen molar-refractivity contribution in [3.8, 4) is 0 Å². The van der Waals surface area contributed by atoms with E-state index in [0.29, 0.717) is 19.3 Å². The maximum atomic E-state index is 11.9. The Morgan fingerprint density at radius 3 is 2.34 bits per heavy atom. The Balaban J connectivity index is 1.56. The molecule has 0 aromatic heterocycles. The van der Waals surface area contributed by atoms with Crippen LogP contribution >= 0.6 is 0 Å². The van der Waals surface area contributed by atoms with Crippen LogP contribution in [0.1, 0.15) is 85.5 Å². The van der Waals surface area contributed by atoms with E-state index in [0.717, 1.165) is 39.2 Å². The molecule has 38 heavy (non-hydrogen) atoms. The first-order valence-electron chi connectivity index (χ1n) is 14.5. The number of aliphatic hydroxyl groups excluding tert-OH is 4. The Hall–Kier alpha value is -0.330. The predicted octanol–water partition coefficient (Wildman–Crippen LogP) is 2.38. The summed E-state index contributed by atoms with van der Waals surface area (Å²) in [5.41, 5.74) is -2.49. The molecule has 10 heteroatoms. The quantitative estimate of drug-likeness (QED) is 0.285. The Labute approximate surface area is 228 Å². The van der Waals surface area contributed by atoms with Gasteiger partial charge in [-0.05, 0) is 79.4 Å². The fourth-order valence-electron chi connectivity index (χ4n) is 9.70. The average molecular weight is 563 g/mol. The van der Waals surface area contributed by atoms with Crippen molar-refractivity contribution in [1.82, 2.24) is 0 Å². The molecule has 222 valence electrons. The van der Waals surface area contributed by atoms with Gasteiger partial charge in [-0.25, -0.2) is 4.18 Å². The largest absolute Gasteiger partial charge is 0.399 e. The summed E-state index contributed by atoms with van der Waals surface area (Å²) in [4.78, 5) is 0. The average Bonchev–Trinajstić information content (AvgIpc) is 3.05. The fraction of sp³-hybridized carbons (Fsp3) is 1.00. The molecular weight excluding hydrogens is 512 g/mol. The summed E-state index contributed by atoms with van der Waals surface area (Å²) in [6, 6.07) is 0. The minimum atomic E-state index is -4.17. The van der Waals surface area contributed by atoms with Gasteiger partial charge < -0.3 is 25.5 Å². The van der Waals surface area contributed by atoms with Crippen LogP contribution in [-0.4, -0.2) is 77.7 Å². The lowest BCUT2D eigenvalue weighted by Crippen LogP contribution is -2.69. The van der Waals surface area contributed by atoms with Gasteiger partial charge in [0.15, 0.2) is 0 Å². The Kier molecular flexibility index (Phi) is 8.72. The minimum absolute atomic E-state index is 0.00445. The summed E-state index contributed by atoms with van der Waals surface area (Å²) in [6.45, 7) is 8.56. The normalized spacial score (nSPS) is 48.6. The second kappa shape index (κ2) is 10.8. The van der Waals surface area contributed by atoms with Crippen molar-refractivity contribution in [3.63, 3.8) is 0 Å². The van der Waals surface area contributed by atoms with Crippen LogP contribution < -0.4 is 0 Å². The first kappa shape index (κ1) is 30.6. The van der Waals surface area contributed by atoms with Gasteiger partial charge in [0.25, 0.3) is 0 Å². The van der Waals surface area contributed by atoms with E-state index in [2.05, 4.69) is 18.0 Å². The second-order valence-electron chi connectivity index (χ2n) is 13.7. The maximum absolute atomic E-state index is 11.9. The lowest BCUT2D eigenvalue weighted by Gasteiger charge is -2.65. The Morgan fingerprint density at radius 2 is 1.71 bits per heavy atom. The van der Waals surface area contributed by atoms with Crippen LogP contribution in [0.25, 0.3) is 0 Å². The third-order valence-electron chi connectivity index (χ3n) is 11.7. The van der Waals surface area contributed by atoms with E-state index in [4.69, 9.17) is 4.18 Å². The molecule has 13 atom stereocenters. The van der Waals surface area contributed by atoms with Crippen molar-refractivity contribution in [2.45, 2.75) is 115 Å². The van der Waals surface area contributed by atoms with Crippen molar-refractivity contribution < 1.29 is 42.3 Å². The molecule has 0 amide bonds. The second-order valence-corrected chi connectivity index (χ2v) is 15.0. The highest BCUT2D eigenvalue weighted by Crippen LogP contribution is 2.69. The molecule has 0 spiro atoms. The van der Waals surface area contributed by atoms with Crippen LogP contribution in [0, 0.1) is 46.3 Å². The highest BCUT2D eigenvalue weighted by molar-refractivity contribution is 7.81. The van der Waals surface area contributed by atoms with Crippen molar-refractivity contribution in [1.29, 1.82) is 0 Å². The van der Waals surface area contributed by atoms with Gasteiger partial charge in [0.05, 0.1) is 37.1 Å². The molecule has 4 fully saturated rings. The first-order chi connectivity index (χ1) is 17.6. The van der Waals surface area contributed by atoms with E-state index in [1.165, 1.54) is 0 Å². The van der Waals surface area contributed by atoms with Crippen LogP contribution in [-0.2, 0) is 18.8 Å². The maximum Gasteiger partial charge on any atom is 0.399 e. The molecule has 0 aliphatic heterocycles. The van der Waals surface area contributed by atoms with Crippen molar-refractivity contribution in [3.05, 3.63) is 0 Å². The monoisotopic (exact) mass is 562 g/mol. The van der Waals surface area contributed by atoms with Crippen LogP contribution in [0.4, 0.5) is 0 Å². The highest BCUT2D eigenvalue weighted by Gasteiger charge is 2.70. The number of hydrogen-bond acceptors (Lipinski definition) is 9. The topological polar surface area (TPSA) is 154 Å². The summed E-state index contributed by atoms with van der Waals surface area (Å²) in [6.07, 6.45) is 1.99. The van der Waals surface area contributed by atoms with Crippen molar-refractivity contribution >= 4 is 10.4 Å². The molecule has 0 aromatic carbocycles. The van der Waals surface area contributed by atoms with Crippen LogP contribution in [0.15, 0.2) is 0 Å². The number of fused-ring (bicyclic) bond motifs is 5. The number of hydrogen-bond donors (Lipinski definition) is 5. The molecule has 0 radical (unpaired) electrons. The van der Waals surface area contributed by atoms with Gasteiger partial charge >= 0.3 is 10.4 Å². The summed E-state index contributed by atoms with van der Waals surface area (Å²) in [7, 11) is -3.14. The standard InChI is InChI=1S/C28H50O9S/c1-16(15-29)7-6-8-17(2)22-24(31)25(32)23-19-13-21(30)28(33)14-18(37-38(34,35)36-5)9-12-27(28,4)20(19)10-11-26(22,23)3/h16-25,29-33H,6-15H2,1-5H3/t16-,17+,18-,19+,20-,21+,22-,23+,24+,25+,26+,27+,28-/m0/s1. The molecule has 0 heterocycles. The lowest BCUT2D eigenvalue weighted by molar-refractivity contribution is -0.266. The van der Waals surface area contributed by atoms with E-state index >= 15 is 0 Å². The molecule has 4 aliphatic rings. The van der Waals surface area contributed by atoms with Gasteiger partial charge in [-0.2, -0.15) is 8.42 Å². The zero-order valence-corrected chi connectivity index (χ0v) is 24.4. The van der Waals surface area contributed by atoms with E-state index < -0.39 is 45.8 Å².